The van der Waals surface area contributed by atoms with E-state index in [0.29, 0.717) is 5.69 Å². The molecule has 1 heterocycles. The minimum absolute atomic E-state index is 0.0106. The SMILES string of the molecule is CN(Cc1ccccn1)C(CCN)C(F)(F)F. The minimum atomic E-state index is -4.26. The number of alkyl halides is 3. The maximum Gasteiger partial charge on any atom is 0.404 e. The van der Waals surface area contributed by atoms with E-state index in [1.165, 1.54) is 11.9 Å². The fraction of sp³-hybridized carbons (Fsp3) is 0.545. The van der Waals surface area contributed by atoms with Crippen LogP contribution in [0.4, 0.5) is 13.2 Å². The second-order valence-electron chi connectivity index (χ2n) is 3.87. The normalized spacial score (nSPS) is 14.0. The predicted octanol–water partition coefficient (Wildman–Crippen LogP) is 1.79. The Bertz CT molecular complexity index is 326. The van der Waals surface area contributed by atoms with Gasteiger partial charge in [-0.05, 0) is 32.1 Å². The summed E-state index contributed by atoms with van der Waals surface area (Å²) < 4.78 is 38.2. The Morgan fingerprint density at radius 3 is 2.59 bits per heavy atom. The monoisotopic (exact) mass is 247 g/mol. The van der Waals surface area contributed by atoms with Crippen molar-refractivity contribution in [3.8, 4) is 0 Å². The number of nitrogens with two attached hydrogens (primary N) is 1. The predicted molar refractivity (Wildman–Crippen MR) is 59.2 cm³/mol. The quantitative estimate of drug-likeness (QED) is 0.862. The molecule has 0 aromatic carbocycles. The first kappa shape index (κ1) is 13.9. The van der Waals surface area contributed by atoms with Crippen LogP contribution in [0, 0.1) is 0 Å². The van der Waals surface area contributed by atoms with Gasteiger partial charge in [0.1, 0.15) is 6.04 Å². The molecule has 3 nitrogen and oxygen atoms in total. The third-order valence-corrected chi connectivity index (χ3v) is 2.49. The molecule has 1 aromatic rings. The molecular formula is C11H16F3N3. The average molecular weight is 247 g/mol. The molecule has 1 unspecified atom stereocenters. The molecule has 0 spiro atoms. The van der Waals surface area contributed by atoms with Gasteiger partial charge in [0.2, 0.25) is 0 Å². The molecular weight excluding hydrogens is 231 g/mol. The van der Waals surface area contributed by atoms with E-state index >= 15 is 0 Å². The van der Waals surface area contributed by atoms with Crippen LogP contribution in [0.3, 0.4) is 0 Å². The zero-order valence-corrected chi connectivity index (χ0v) is 9.61. The van der Waals surface area contributed by atoms with Crippen LogP contribution in [-0.4, -0.2) is 35.7 Å². The van der Waals surface area contributed by atoms with Crippen molar-refractivity contribution in [1.29, 1.82) is 0 Å². The van der Waals surface area contributed by atoms with E-state index < -0.39 is 12.2 Å². The van der Waals surface area contributed by atoms with Gasteiger partial charge < -0.3 is 5.73 Å². The van der Waals surface area contributed by atoms with Crippen molar-refractivity contribution >= 4 is 0 Å². The smallest absolute Gasteiger partial charge is 0.330 e. The largest absolute Gasteiger partial charge is 0.404 e. The van der Waals surface area contributed by atoms with Gasteiger partial charge in [0.05, 0.1) is 5.69 Å². The molecule has 0 aliphatic heterocycles. The van der Waals surface area contributed by atoms with Crippen LogP contribution in [0.2, 0.25) is 0 Å². The van der Waals surface area contributed by atoms with Crippen molar-refractivity contribution < 1.29 is 13.2 Å². The Labute approximate surface area is 98.4 Å². The van der Waals surface area contributed by atoms with E-state index in [1.807, 2.05) is 0 Å². The van der Waals surface area contributed by atoms with Gasteiger partial charge in [-0.25, -0.2) is 0 Å². The lowest BCUT2D eigenvalue weighted by Crippen LogP contribution is -2.44. The van der Waals surface area contributed by atoms with E-state index in [0.717, 1.165) is 0 Å². The lowest BCUT2D eigenvalue weighted by Gasteiger charge is -2.29. The van der Waals surface area contributed by atoms with Crippen LogP contribution in [-0.2, 0) is 6.54 Å². The van der Waals surface area contributed by atoms with Crippen LogP contribution < -0.4 is 5.73 Å². The first-order valence-corrected chi connectivity index (χ1v) is 5.32. The number of pyridine rings is 1. The van der Waals surface area contributed by atoms with E-state index in [4.69, 9.17) is 5.73 Å². The first-order chi connectivity index (χ1) is 7.95. The Morgan fingerprint density at radius 1 is 1.41 bits per heavy atom. The maximum absolute atomic E-state index is 12.7. The number of rotatable bonds is 5. The van der Waals surface area contributed by atoms with Gasteiger partial charge in [-0.1, -0.05) is 6.07 Å². The van der Waals surface area contributed by atoms with Crippen molar-refractivity contribution in [2.45, 2.75) is 25.2 Å². The van der Waals surface area contributed by atoms with E-state index in [9.17, 15) is 13.2 Å². The molecule has 0 amide bonds. The Kier molecular flexibility index (Phi) is 4.89. The molecule has 0 bridgehead atoms. The lowest BCUT2D eigenvalue weighted by molar-refractivity contribution is -0.183. The highest BCUT2D eigenvalue weighted by atomic mass is 19.4. The van der Waals surface area contributed by atoms with Crippen LogP contribution in [0.25, 0.3) is 0 Å². The van der Waals surface area contributed by atoms with E-state index in [2.05, 4.69) is 4.98 Å². The molecule has 96 valence electrons. The summed E-state index contributed by atoms with van der Waals surface area (Å²) in [6.45, 7) is 0.168. The summed E-state index contributed by atoms with van der Waals surface area (Å²) in [5, 5.41) is 0. The van der Waals surface area contributed by atoms with Crippen LogP contribution in [0.5, 0.6) is 0 Å². The van der Waals surface area contributed by atoms with Crippen LogP contribution >= 0.6 is 0 Å². The molecule has 1 atom stereocenters. The Morgan fingerprint density at radius 2 is 2.12 bits per heavy atom. The van der Waals surface area contributed by atoms with Crippen LogP contribution in [0.1, 0.15) is 12.1 Å². The van der Waals surface area contributed by atoms with E-state index in [1.54, 1.807) is 24.4 Å². The number of hydrogen-bond acceptors (Lipinski definition) is 3. The topological polar surface area (TPSA) is 42.2 Å². The number of aromatic nitrogens is 1. The van der Waals surface area contributed by atoms with Crippen molar-refractivity contribution in [3.63, 3.8) is 0 Å². The van der Waals surface area contributed by atoms with Gasteiger partial charge in [0.25, 0.3) is 0 Å². The van der Waals surface area contributed by atoms with Crippen molar-refractivity contribution in [3.05, 3.63) is 30.1 Å². The van der Waals surface area contributed by atoms with Gasteiger partial charge in [-0.15, -0.1) is 0 Å². The number of hydrogen-bond donors (Lipinski definition) is 1. The van der Waals surface area contributed by atoms with Gasteiger partial charge in [-0.2, -0.15) is 13.2 Å². The third-order valence-electron chi connectivity index (χ3n) is 2.49. The molecule has 1 rings (SSSR count). The molecule has 0 saturated heterocycles. The molecule has 6 heteroatoms. The summed E-state index contributed by atoms with van der Waals surface area (Å²) in [4.78, 5) is 5.23. The Balaban J connectivity index is 2.69. The highest BCUT2D eigenvalue weighted by molar-refractivity contribution is 5.03. The molecule has 0 radical (unpaired) electrons. The zero-order valence-electron chi connectivity index (χ0n) is 9.61. The van der Waals surface area contributed by atoms with Crippen LogP contribution in [0.15, 0.2) is 24.4 Å². The second-order valence-corrected chi connectivity index (χ2v) is 3.87. The van der Waals surface area contributed by atoms with Gasteiger partial charge in [0, 0.05) is 12.7 Å². The molecule has 0 aliphatic carbocycles. The fourth-order valence-electron chi connectivity index (χ4n) is 1.65. The number of halogens is 3. The van der Waals surface area contributed by atoms with Gasteiger partial charge >= 0.3 is 6.18 Å². The summed E-state index contributed by atoms with van der Waals surface area (Å²) in [5.41, 5.74) is 5.83. The van der Waals surface area contributed by atoms with E-state index in [-0.39, 0.29) is 19.5 Å². The molecule has 2 N–H and O–H groups in total. The first-order valence-electron chi connectivity index (χ1n) is 5.32. The minimum Gasteiger partial charge on any atom is -0.330 e. The Hall–Kier alpha value is -1.14. The van der Waals surface area contributed by atoms with Gasteiger partial charge in [-0.3, -0.25) is 9.88 Å². The molecule has 0 fully saturated rings. The van der Waals surface area contributed by atoms with Crippen molar-refractivity contribution in [1.82, 2.24) is 9.88 Å². The fourth-order valence-corrected chi connectivity index (χ4v) is 1.65. The highest BCUT2D eigenvalue weighted by Crippen LogP contribution is 2.26. The third kappa shape index (κ3) is 4.32. The van der Waals surface area contributed by atoms with Crippen molar-refractivity contribution in [2.75, 3.05) is 13.6 Å². The summed E-state index contributed by atoms with van der Waals surface area (Å²) in [6, 6.07) is 3.66. The summed E-state index contributed by atoms with van der Waals surface area (Å²) in [6.07, 6.45) is -2.80. The average Bonchev–Trinajstić information content (AvgIpc) is 2.25. The standard InChI is InChI=1S/C11H16F3N3/c1-17(8-9-4-2-3-7-16-9)10(5-6-15)11(12,13)14/h2-4,7,10H,5-6,8,15H2,1H3. The lowest BCUT2D eigenvalue weighted by atomic mass is 10.1. The summed E-state index contributed by atoms with van der Waals surface area (Å²) >= 11 is 0. The van der Waals surface area contributed by atoms with Crippen molar-refractivity contribution in [2.24, 2.45) is 5.73 Å². The second kappa shape index (κ2) is 5.97. The molecule has 17 heavy (non-hydrogen) atoms. The molecule has 0 aliphatic rings. The maximum atomic E-state index is 12.7. The number of nitrogens with zero attached hydrogens (tertiary/aromatic N) is 2. The zero-order chi connectivity index (χ0) is 12.9. The highest BCUT2D eigenvalue weighted by Gasteiger charge is 2.41. The summed E-state index contributed by atoms with van der Waals surface area (Å²) in [7, 11) is 1.43. The van der Waals surface area contributed by atoms with Gasteiger partial charge in [0.15, 0.2) is 0 Å². The molecule has 1 aromatic heterocycles. The molecule has 0 saturated carbocycles. The summed E-state index contributed by atoms with van der Waals surface area (Å²) in [5.74, 6) is 0.